The van der Waals surface area contributed by atoms with Gasteiger partial charge in [0.05, 0.1) is 12.1 Å². The second kappa shape index (κ2) is 7.59. The molecule has 0 saturated heterocycles. The van der Waals surface area contributed by atoms with E-state index in [-0.39, 0.29) is 18.5 Å². The molecule has 20 heavy (non-hydrogen) atoms. The summed E-state index contributed by atoms with van der Waals surface area (Å²) in [4.78, 5) is 25.1. The Kier molecular flexibility index (Phi) is 6.42. The number of carbonyl (C=O) groups excluding carboxylic acids is 2. The van der Waals surface area contributed by atoms with Crippen molar-refractivity contribution in [1.82, 2.24) is 15.5 Å². The highest BCUT2D eigenvalue weighted by Crippen LogP contribution is 2.17. The molecular weight excluding hydrogens is 258 g/mol. The fourth-order valence-electron chi connectivity index (χ4n) is 2.60. The minimum absolute atomic E-state index is 0.0854. The van der Waals surface area contributed by atoms with Crippen LogP contribution in [0.1, 0.15) is 46.0 Å². The van der Waals surface area contributed by atoms with E-state index in [1.807, 2.05) is 0 Å². The highest BCUT2D eigenvalue weighted by molar-refractivity contribution is 5.95. The lowest BCUT2D eigenvalue weighted by atomic mass is 9.96. The summed E-state index contributed by atoms with van der Waals surface area (Å²) >= 11 is 0. The first-order valence-corrected chi connectivity index (χ1v) is 7.27. The van der Waals surface area contributed by atoms with E-state index in [9.17, 15) is 14.7 Å². The van der Waals surface area contributed by atoms with E-state index in [1.54, 1.807) is 25.8 Å². The van der Waals surface area contributed by atoms with E-state index in [2.05, 4.69) is 10.6 Å². The molecule has 1 fully saturated rings. The maximum absolute atomic E-state index is 11.7. The van der Waals surface area contributed by atoms with Gasteiger partial charge in [0.15, 0.2) is 0 Å². The van der Waals surface area contributed by atoms with Gasteiger partial charge in [-0.25, -0.2) is 4.79 Å². The third-order valence-electron chi connectivity index (χ3n) is 3.26. The first-order valence-electron chi connectivity index (χ1n) is 7.27. The van der Waals surface area contributed by atoms with Crippen molar-refractivity contribution in [3.8, 4) is 0 Å². The predicted molar refractivity (Wildman–Crippen MR) is 77.3 cm³/mol. The van der Waals surface area contributed by atoms with E-state index < -0.39 is 11.6 Å². The van der Waals surface area contributed by atoms with Gasteiger partial charge in [-0.2, -0.15) is 0 Å². The van der Waals surface area contributed by atoms with Crippen LogP contribution in [0.25, 0.3) is 0 Å². The minimum Gasteiger partial charge on any atom is -0.389 e. The monoisotopic (exact) mass is 285 g/mol. The minimum atomic E-state index is -0.862. The van der Waals surface area contributed by atoms with Gasteiger partial charge in [0, 0.05) is 12.6 Å². The van der Waals surface area contributed by atoms with E-state index in [1.165, 1.54) is 6.42 Å². The second-order valence-corrected chi connectivity index (χ2v) is 6.34. The van der Waals surface area contributed by atoms with Crippen molar-refractivity contribution >= 4 is 11.9 Å². The van der Waals surface area contributed by atoms with Gasteiger partial charge in [-0.1, -0.05) is 19.3 Å². The van der Waals surface area contributed by atoms with E-state index in [0.717, 1.165) is 25.7 Å². The highest BCUT2D eigenvalue weighted by Gasteiger charge is 2.20. The molecule has 0 atom stereocenters. The molecule has 0 unspecified atom stereocenters. The van der Waals surface area contributed by atoms with Crippen molar-refractivity contribution in [3.05, 3.63) is 0 Å². The first-order chi connectivity index (χ1) is 9.26. The molecule has 116 valence electrons. The number of hydrogen-bond acceptors (Lipinski definition) is 4. The number of nitrogens with zero attached hydrogens (tertiary/aromatic N) is 1. The van der Waals surface area contributed by atoms with Gasteiger partial charge in [0.1, 0.15) is 0 Å². The van der Waals surface area contributed by atoms with Gasteiger partial charge < -0.3 is 10.4 Å². The Morgan fingerprint density at radius 1 is 1.25 bits per heavy atom. The molecule has 6 nitrogen and oxygen atoms in total. The molecule has 3 amide bonds. The summed E-state index contributed by atoms with van der Waals surface area (Å²) in [5.74, 6) is -0.356. The summed E-state index contributed by atoms with van der Waals surface area (Å²) < 4.78 is 0. The van der Waals surface area contributed by atoms with Crippen LogP contribution in [-0.2, 0) is 4.79 Å². The Bertz CT molecular complexity index is 333. The molecule has 1 aliphatic carbocycles. The summed E-state index contributed by atoms with van der Waals surface area (Å²) in [6.07, 6.45) is 5.46. The van der Waals surface area contributed by atoms with Crippen molar-refractivity contribution in [2.24, 2.45) is 0 Å². The molecule has 0 bridgehead atoms. The third-order valence-corrected chi connectivity index (χ3v) is 3.26. The lowest BCUT2D eigenvalue weighted by molar-refractivity contribution is -0.121. The van der Waals surface area contributed by atoms with Crippen LogP contribution in [0.2, 0.25) is 0 Å². The van der Waals surface area contributed by atoms with Gasteiger partial charge in [-0.3, -0.25) is 15.0 Å². The predicted octanol–water partition coefficient (Wildman–Crippen LogP) is 0.848. The average Bonchev–Trinajstić information content (AvgIpc) is 2.26. The number of imide groups is 1. The van der Waals surface area contributed by atoms with Crippen LogP contribution < -0.4 is 10.6 Å². The molecule has 0 spiro atoms. The largest absolute Gasteiger partial charge is 0.389 e. The molecule has 0 aromatic heterocycles. The van der Waals surface area contributed by atoms with Gasteiger partial charge >= 0.3 is 6.03 Å². The zero-order valence-corrected chi connectivity index (χ0v) is 12.7. The van der Waals surface area contributed by atoms with E-state index in [0.29, 0.717) is 6.54 Å². The van der Waals surface area contributed by atoms with Crippen LogP contribution in [0, 0.1) is 0 Å². The van der Waals surface area contributed by atoms with Crippen molar-refractivity contribution in [1.29, 1.82) is 0 Å². The first kappa shape index (κ1) is 16.9. The summed E-state index contributed by atoms with van der Waals surface area (Å²) in [6, 6.07) is -0.232. The van der Waals surface area contributed by atoms with Crippen LogP contribution in [0.15, 0.2) is 0 Å². The number of amides is 3. The maximum atomic E-state index is 11.7. The second-order valence-electron chi connectivity index (χ2n) is 6.34. The Labute approximate surface area is 120 Å². The number of likely N-dealkylation sites (N-methyl/N-ethyl adjacent to an activating group) is 1. The van der Waals surface area contributed by atoms with Crippen LogP contribution >= 0.6 is 0 Å². The van der Waals surface area contributed by atoms with Crippen LogP contribution in [0.3, 0.4) is 0 Å². The zero-order chi connectivity index (χ0) is 15.2. The highest BCUT2D eigenvalue weighted by atomic mass is 16.3. The van der Waals surface area contributed by atoms with Crippen molar-refractivity contribution in [3.63, 3.8) is 0 Å². The van der Waals surface area contributed by atoms with Crippen molar-refractivity contribution in [2.45, 2.75) is 57.6 Å². The van der Waals surface area contributed by atoms with Gasteiger partial charge in [-0.15, -0.1) is 0 Å². The summed E-state index contributed by atoms with van der Waals surface area (Å²) in [6.45, 7) is 3.81. The fraction of sp³-hybridized carbons (Fsp3) is 0.857. The molecule has 1 aliphatic rings. The Balaban J connectivity index is 2.25. The Morgan fingerprint density at radius 2 is 1.85 bits per heavy atom. The smallest absolute Gasteiger partial charge is 0.321 e. The molecular formula is C14H27N3O3. The van der Waals surface area contributed by atoms with E-state index in [4.69, 9.17) is 0 Å². The molecule has 0 aliphatic heterocycles. The molecule has 0 aromatic rings. The lowest BCUT2D eigenvalue weighted by Crippen LogP contribution is -2.48. The quantitative estimate of drug-likeness (QED) is 0.699. The number of carbonyl (C=O) groups is 2. The third kappa shape index (κ3) is 7.45. The van der Waals surface area contributed by atoms with Crippen LogP contribution in [0.4, 0.5) is 4.79 Å². The fourth-order valence-corrected chi connectivity index (χ4v) is 2.60. The molecule has 0 aromatic carbocycles. The van der Waals surface area contributed by atoms with Crippen molar-refractivity contribution < 1.29 is 14.7 Å². The van der Waals surface area contributed by atoms with Crippen molar-refractivity contribution in [2.75, 3.05) is 20.1 Å². The number of urea groups is 1. The summed E-state index contributed by atoms with van der Waals surface area (Å²) in [5.41, 5.74) is -0.862. The molecule has 3 N–H and O–H groups in total. The summed E-state index contributed by atoms with van der Waals surface area (Å²) in [7, 11) is 1.73. The Morgan fingerprint density at radius 3 is 2.40 bits per heavy atom. The molecule has 0 radical (unpaired) electrons. The van der Waals surface area contributed by atoms with Gasteiger partial charge in [-0.05, 0) is 33.7 Å². The molecule has 1 rings (SSSR count). The van der Waals surface area contributed by atoms with E-state index >= 15 is 0 Å². The lowest BCUT2D eigenvalue weighted by Gasteiger charge is -2.25. The van der Waals surface area contributed by atoms with Gasteiger partial charge in [0.25, 0.3) is 0 Å². The molecule has 6 heteroatoms. The zero-order valence-electron chi connectivity index (χ0n) is 12.7. The maximum Gasteiger partial charge on any atom is 0.321 e. The van der Waals surface area contributed by atoms with Crippen LogP contribution in [-0.4, -0.2) is 53.7 Å². The van der Waals surface area contributed by atoms with Crippen LogP contribution in [0.5, 0.6) is 0 Å². The molecule has 0 heterocycles. The average molecular weight is 285 g/mol. The topological polar surface area (TPSA) is 81.7 Å². The standard InChI is InChI=1S/C14H27N3O3/c1-14(2,20)10-17(3)9-12(18)16-13(19)15-11-7-5-4-6-8-11/h11,20H,4-10H2,1-3H3,(H2,15,16,18,19). The Hall–Kier alpha value is -1.14. The van der Waals surface area contributed by atoms with Gasteiger partial charge in [0.2, 0.25) is 5.91 Å². The number of aliphatic hydroxyl groups is 1. The SMILES string of the molecule is CN(CC(=O)NC(=O)NC1CCCCC1)CC(C)(C)O. The number of nitrogens with one attached hydrogen (secondary N) is 2. The summed E-state index contributed by atoms with van der Waals surface area (Å²) in [5, 5.41) is 14.8. The number of hydrogen-bond donors (Lipinski definition) is 3. The normalized spacial score (nSPS) is 17.1. The molecule has 1 saturated carbocycles. The number of rotatable bonds is 5.